The number of hydrogen-bond donors (Lipinski definition) is 3. The van der Waals surface area contributed by atoms with Gasteiger partial charge in [-0.25, -0.2) is 0 Å². The van der Waals surface area contributed by atoms with Crippen LogP contribution in [0.4, 0.5) is 0 Å². The number of nitrogens with zero attached hydrogens (tertiary/aromatic N) is 1. The fourth-order valence-corrected chi connectivity index (χ4v) is 3.66. The van der Waals surface area contributed by atoms with Crippen LogP contribution in [0.5, 0.6) is 0 Å². The molecule has 8 heteroatoms. The summed E-state index contributed by atoms with van der Waals surface area (Å²) in [6, 6.07) is 5.22. The lowest BCUT2D eigenvalue weighted by Crippen LogP contribution is -2.52. The van der Waals surface area contributed by atoms with E-state index in [1.807, 2.05) is 25.2 Å². The van der Waals surface area contributed by atoms with Crippen LogP contribution in [-0.2, 0) is 27.4 Å². The van der Waals surface area contributed by atoms with Gasteiger partial charge in [0.15, 0.2) is 0 Å². The number of carbonyl (C=O) groups excluding carboxylic acids is 3. The average Bonchev–Trinajstić information content (AvgIpc) is 3.01. The second kappa shape index (κ2) is 9.77. The highest BCUT2D eigenvalue weighted by molar-refractivity contribution is 6.05. The van der Waals surface area contributed by atoms with Crippen molar-refractivity contribution in [2.45, 2.75) is 38.4 Å². The summed E-state index contributed by atoms with van der Waals surface area (Å²) in [7, 11) is 1.92. The molecule has 3 rings (SSSR count). The molecule has 2 heterocycles. The Balaban J connectivity index is 1.54. The quantitative estimate of drug-likeness (QED) is 0.390. The van der Waals surface area contributed by atoms with E-state index in [1.165, 1.54) is 0 Å². The number of benzene rings is 1. The highest BCUT2D eigenvalue weighted by Crippen LogP contribution is 2.29. The van der Waals surface area contributed by atoms with Gasteiger partial charge in [-0.05, 0) is 37.6 Å². The predicted molar refractivity (Wildman–Crippen MR) is 104 cm³/mol. The first kappa shape index (κ1) is 20.4. The minimum Gasteiger partial charge on any atom is -0.380 e. The maximum absolute atomic E-state index is 13.0. The summed E-state index contributed by atoms with van der Waals surface area (Å²) < 4.78 is 5.55. The zero-order valence-electron chi connectivity index (χ0n) is 16.3. The Morgan fingerprint density at radius 3 is 2.86 bits per heavy atom. The molecule has 28 heavy (non-hydrogen) atoms. The average molecular weight is 388 g/mol. The standard InChI is InChI=1S/C20H28N4O4/c1-21-8-3-10-28-11-9-22-12-14-4-2-5-15-13-24(20(27)18(14)15)16-6-7-17(25)23-19(16)26/h2,4-5,16,21-22H,3,6-13H2,1H3,(H,23,25,26). The van der Waals surface area contributed by atoms with Gasteiger partial charge in [-0.3, -0.25) is 19.7 Å². The fourth-order valence-electron chi connectivity index (χ4n) is 3.66. The van der Waals surface area contributed by atoms with Crippen LogP contribution in [0.15, 0.2) is 18.2 Å². The largest absolute Gasteiger partial charge is 0.380 e. The molecule has 2 aliphatic rings. The third-order valence-corrected chi connectivity index (χ3v) is 5.09. The Morgan fingerprint density at radius 2 is 2.07 bits per heavy atom. The van der Waals surface area contributed by atoms with Crippen molar-refractivity contribution in [3.8, 4) is 0 Å². The lowest BCUT2D eigenvalue weighted by molar-refractivity contribution is -0.136. The molecule has 1 fully saturated rings. The van der Waals surface area contributed by atoms with Crippen molar-refractivity contribution in [1.82, 2.24) is 20.9 Å². The summed E-state index contributed by atoms with van der Waals surface area (Å²) in [5.74, 6) is -0.791. The van der Waals surface area contributed by atoms with Gasteiger partial charge in [-0.2, -0.15) is 0 Å². The van der Waals surface area contributed by atoms with E-state index in [9.17, 15) is 14.4 Å². The first-order valence-electron chi connectivity index (χ1n) is 9.80. The summed E-state index contributed by atoms with van der Waals surface area (Å²) >= 11 is 0. The third-order valence-electron chi connectivity index (χ3n) is 5.09. The van der Waals surface area contributed by atoms with Gasteiger partial charge in [0.2, 0.25) is 11.8 Å². The van der Waals surface area contributed by atoms with Crippen molar-refractivity contribution in [2.24, 2.45) is 0 Å². The zero-order chi connectivity index (χ0) is 19.9. The second-order valence-corrected chi connectivity index (χ2v) is 7.10. The molecule has 0 aliphatic carbocycles. The lowest BCUT2D eigenvalue weighted by atomic mass is 10.0. The third kappa shape index (κ3) is 4.76. The van der Waals surface area contributed by atoms with E-state index < -0.39 is 6.04 Å². The summed E-state index contributed by atoms with van der Waals surface area (Å²) in [6.07, 6.45) is 1.62. The van der Waals surface area contributed by atoms with E-state index in [-0.39, 0.29) is 24.1 Å². The zero-order valence-corrected chi connectivity index (χ0v) is 16.3. The molecule has 2 aliphatic heterocycles. The Bertz CT molecular complexity index is 737. The van der Waals surface area contributed by atoms with E-state index >= 15 is 0 Å². The Kier molecular flexibility index (Phi) is 7.13. The first-order valence-corrected chi connectivity index (χ1v) is 9.80. The molecule has 1 aromatic rings. The molecule has 3 amide bonds. The number of carbonyl (C=O) groups is 3. The van der Waals surface area contributed by atoms with E-state index in [2.05, 4.69) is 16.0 Å². The van der Waals surface area contributed by atoms with Crippen LogP contribution in [0.25, 0.3) is 0 Å². The highest BCUT2D eigenvalue weighted by Gasteiger charge is 2.39. The molecule has 0 bridgehead atoms. The number of nitrogens with one attached hydrogen (secondary N) is 3. The van der Waals surface area contributed by atoms with Crippen LogP contribution >= 0.6 is 0 Å². The first-order chi connectivity index (χ1) is 13.6. The van der Waals surface area contributed by atoms with Crippen LogP contribution in [0.3, 0.4) is 0 Å². The van der Waals surface area contributed by atoms with E-state index in [4.69, 9.17) is 4.74 Å². The molecule has 1 saturated heterocycles. The van der Waals surface area contributed by atoms with Crippen LogP contribution in [0, 0.1) is 0 Å². The Hall–Kier alpha value is -2.29. The molecule has 0 aromatic heterocycles. The van der Waals surface area contributed by atoms with Crippen LogP contribution in [0.2, 0.25) is 0 Å². The van der Waals surface area contributed by atoms with Crippen molar-refractivity contribution in [1.29, 1.82) is 0 Å². The van der Waals surface area contributed by atoms with Crippen molar-refractivity contribution in [3.05, 3.63) is 34.9 Å². The lowest BCUT2D eigenvalue weighted by Gasteiger charge is -2.29. The predicted octanol–water partition coefficient (Wildman–Crippen LogP) is 0.163. The summed E-state index contributed by atoms with van der Waals surface area (Å²) in [5, 5.41) is 8.73. The van der Waals surface area contributed by atoms with Crippen molar-refractivity contribution in [2.75, 3.05) is 33.4 Å². The molecule has 8 nitrogen and oxygen atoms in total. The van der Waals surface area contributed by atoms with Crippen LogP contribution in [0.1, 0.15) is 40.7 Å². The molecule has 3 N–H and O–H groups in total. The summed E-state index contributed by atoms with van der Waals surface area (Å²) in [6.45, 7) is 3.96. The highest BCUT2D eigenvalue weighted by atomic mass is 16.5. The molecule has 1 unspecified atom stereocenters. The topological polar surface area (TPSA) is 99.8 Å². The minimum atomic E-state index is -0.579. The normalized spacial score (nSPS) is 19.1. The van der Waals surface area contributed by atoms with Crippen molar-refractivity contribution in [3.63, 3.8) is 0 Å². The van der Waals surface area contributed by atoms with Crippen molar-refractivity contribution >= 4 is 17.7 Å². The van der Waals surface area contributed by atoms with E-state index in [0.29, 0.717) is 38.2 Å². The number of rotatable bonds is 10. The minimum absolute atomic E-state index is 0.134. The molecule has 0 spiro atoms. The number of hydrogen-bond acceptors (Lipinski definition) is 6. The molecule has 0 radical (unpaired) electrons. The van der Waals surface area contributed by atoms with Gasteiger partial charge < -0.3 is 20.3 Å². The molecular formula is C20H28N4O4. The van der Waals surface area contributed by atoms with Gasteiger partial charge in [-0.15, -0.1) is 0 Å². The Morgan fingerprint density at radius 1 is 1.21 bits per heavy atom. The molecule has 152 valence electrons. The maximum atomic E-state index is 13.0. The maximum Gasteiger partial charge on any atom is 0.255 e. The molecular weight excluding hydrogens is 360 g/mol. The summed E-state index contributed by atoms with van der Waals surface area (Å²) in [5.41, 5.74) is 2.53. The van der Waals surface area contributed by atoms with Crippen molar-refractivity contribution < 1.29 is 19.1 Å². The number of piperidine rings is 1. The molecule has 0 saturated carbocycles. The fraction of sp³-hybridized carbons (Fsp3) is 0.550. The SMILES string of the molecule is CNCCCOCCNCc1cccc2c1C(=O)N(C1CCC(=O)NC1=O)C2. The number of imide groups is 1. The van der Waals surface area contributed by atoms with Gasteiger partial charge in [0.25, 0.3) is 5.91 Å². The summed E-state index contributed by atoms with van der Waals surface area (Å²) in [4.78, 5) is 38.1. The number of ether oxygens (including phenoxy) is 1. The van der Waals surface area contributed by atoms with Crippen LogP contribution < -0.4 is 16.0 Å². The van der Waals surface area contributed by atoms with Gasteiger partial charge in [-0.1, -0.05) is 18.2 Å². The van der Waals surface area contributed by atoms with Gasteiger partial charge in [0.05, 0.1) is 6.61 Å². The second-order valence-electron chi connectivity index (χ2n) is 7.10. The van der Waals surface area contributed by atoms with Gasteiger partial charge >= 0.3 is 0 Å². The number of amides is 3. The van der Waals surface area contributed by atoms with Gasteiger partial charge in [0.1, 0.15) is 6.04 Å². The number of fused-ring (bicyclic) bond motifs is 1. The molecule has 1 aromatic carbocycles. The van der Waals surface area contributed by atoms with E-state index in [1.54, 1.807) is 4.90 Å². The monoisotopic (exact) mass is 388 g/mol. The van der Waals surface area contributed by atoms with Crippen LogP contribution in [-0.4, -0.2) is 62.0 Å². The smallest absolute Gasteiger partial charge is 0.255 e. The Labute approximate surface area is 165 Å². The molecule has 1 atom stereocenters. The van der Waals surface area contributed by atoms with E-state index in [0.717, 1.165) is 30.7 Å². The van der Waals surface area contributed by atoms with Gasteiger partial charge in [0, 0.05) is 38.2 Å².